The van der Waals surface area contributed by atoms with Crippen molar-refractivity contribution < 1.29 is 14.0 Å². The summed E-state index contributed by atoms with van der Waals surface area (Å²) < 4.78 is 13.3. The van der Waals surface area contributed by atoms with Crippen molar-refractivity contribution in [3.8, 4) is 0 Å². The van der Waals surface area contributed by atoms with Gasteiger partial charge in [-0.3, -0.25) is 14.9 Å². The number of anilines is 2. The van der Waals surface area contributed by atoms with E-state index in [2.05, 4.69) is 5.32 Å². The summed E-state index contributed by atoms with van der Waals surface area (Å²) in [6.07, 6.45) is 0. The van der Waals surface area contributed by atoms with Crippen LogP contribution in [0.15, 0.2) is 18.2 Å². The van der Waals surface area contributed by atoms with Crippen molar-refractivity contribution in [1.29, 1.82) is 0 Å². The molecule has 0 aliphatic carbocycles. The first kappa shape index (κ1) is 12.3. The molecule has 1 aromatic carbocycles. The average Bonchev–Trinajstić information content (AvgIpc) is 2.22. The lowest BCUT2D eigenvalue weighted by Gasteiger charge is -2.41. The van der Waals surface area contributed by atoms with Gasteiger partial charge in [0.2, 0.25) is 5.91 Å². The molecule has 0 aromatic heterocycles. The molecule has 0 unspecified atom stereocenters. The van der Waals surface area contributed by atoms with E-state index in [0.29, 0.717) is 5.69 Å². The Kier molecular flexibility index (Phi) is 2.73. The van der Waals surface area contributed by atoms with Crippen LogP contribution in [0, 0.1) is 5.82 Å². The third-order valence-electron chi connectivity index (χ3n) is 3.00. The van der Waals surface area contributed by atoms with E-state index >= 15 is 0 Å². The number of amides is 2. The van der Waals surface area contributed by atoms with Crippen molar-refractivity contribution in [1.82, 2.24) is 5.32 Å². The van der Waals surface area contributed by atoms with E-state index in [0.717, 1.165) is 0 Å². The number of hydrogen-bond acceptors (Lipinski definition) is 4. The largest absolute Gasteiger partial charge is 0.399 e. The number of benzene rings is 1. The molecule has 1 fully saturated rings. The third kappa shape index (κ3) is 2.01. The molecule has 0 spiro atoms. The molecule has 18 heavy (non-hydrogen) atoms. The first-order valence-corrected chi connectivity index (χ1v) is 5.48. The number of nitrogens with zero attached hydrogens (tertiary/aromatic N) is 1. The second kappa shape index (κ2) is 3.97. The highest BCUT2D eigenvalue weighted by atomic mass is 19.1. The highest BCUT2D eigenvalue weighted by Gasteiger charge is 2.41. The minimum Gasteiger partial charge on any atom is -0.399 e. The number of nitrogen functional groups attached to an aromatic ring is 1. The summed E-state index contributed by atoms with van der Waals surface area (Å²) in [6, 6.07) is 3.98. The Morgan fingerprint density at radius 1 is 1.33 bits per heavy atom. The van der Waals surface area contributed by atoms with Gasteiger partial charge in [-0.2, -0.15) is 0 Å². The number of nitrogens with one attached hydrogen (secondary N) is 1. The van der Waals surface area contributed by atoms with Gasteiger partial charge in [-0.25, -0.2) is 4.39 Å². The van der Waals surface area contributed by atoms with Gasteiger partial charge in [0.05, 0.1) is 6.54 Å². The van der Waals surface area contributed by atoms with Crippen molar-refractivity contribution in [2.24, 2.45) is 0 Å². The highest BCUT2D eigenvalue weighted by molar-refractivity contribution is 6.06. The minimum absolute atomic E-state index is 0.0123. The highest BCUT2D eigenvalue weighted by Crippen LogP contribution is 2.28. The lowest BCUT2D eigenvalue weighted by molar-refractivity contribution is -0.135. The van der Waals surface area contributed by atoms with Gasteiger partial charge in [0.1, 0.15) is 11.4 Å². The van der Waals surface area contributed by atoms with E-state index in [9.17, 15) is 14.0 Å². The van der Waals surface area contributed by atoms with Gasteiger partial charge in [0.15, 0.2) is 0 Å². The molecule has 1 heterocycles. The molecule has 2 amide bonds. The SMILES string of the molecule is CC1(C)C(=O)NC(=O)CN1c1cc(N)cc(F)c1. The lowest BCUT2D eigenvalue weighted by Crippen LogP contribution is -2.64. The molecule has 1 aromatic rings. The maximum absolute atomic E-state index is 13.3. The second-order valence-corrected chi connectivity index (χ2v) is 4.77. The van der Waals surface area contributed by atoms with Crippen molar-refractivity contribution in [2.45, 2.75) is 19.4 Å². The van der Waals surface area contributed by atoms with Gasteiger partial charge in [0.25, 0.3) is 5.91 Å². The van der Waals surface area contributed by atoms with Crippen molar-refractivity contribution in [3.05, 3.63) is 24.0 Å². The van der Waals surface area contributed by atoms with Gasteiger partial charge in [-0.15, -0.1) is 0 Å². The van der Waals surface area contributed by atoms with Crippen LogP contribution in [0.3, 0.4) is 0 Å². The molecule has 96 valence electrons. The molecule has 0 bridgehead atoms. The summed E-state index contributed by atoms with van der Waals surface area (Å²) in [5.74, 6) is -1.33. The Labute approximate surface area is 104 Å². The molecular formula is C12H14FN3O2. The number of nitrogens with two attached hydrogens (primary N) is 1. The van der Waals surface area contributed by atoms with Crippen LogP contribution in [0.4, 0.5) is 15.8 Å². The number of hydrogen-bond donors (Lipinski definition) is 2. The summed E-state index contributed by atoms with van der Waals surface area (Å²) in [7, 11) is 0. The van der Waals surface area contributed by atoms with Gasteiger partial charge in [0, 0.05) is 11.4 Å². The van der Waals surface area contributed by atoms with E-state index < -0.39 is 23.2 Å². The number of carbonyl (C=O) groups is 2. The number of imide groups is 1. The monoisotopic (exact) mass is 251 g/mol. The molecule has 1 aliphatic rings. The molecule has 1 saturated heterocycles. The molecule has 3 N–H and O–H groups in total. The smallest absolute Gasteiger partial charge is 0.251 e. The standard InChI is InChI=1S/C12H14FN3O2/c1-12(2)11(18)15-10(17)6-16(12)9-4-7(13)3-8(14)5-9/h3-5H,6,14H2,1-2H3,(H,15,17,18). The third-order valence-corrected chi connectivity index (χ3v) is 3.00. The van der Waals surface area contributed by atoms with Gasteiger partial charge >= 0.3 is 0 Å². The van der Waals surface area contributed by atoms with E-state index in [1.54, 1.807) is 13.8 Å². The van der Waals surface area contributed by atoms with E-state index in [1.807, 2.05) is 0 Å². The van der Waals surface area contributed by atoms with Crippen LogP contribution in [0.25, 0.3) is 0 Å². The number of rotatable bonds is 1. The summed E-state index contributed by atoms with van der Waals surface area (Å²) in [4.78, 5) is 24.7. The van der Waals surface area contributed by atoms with Gasteiger partial charge < -0.3 is 10.6 Å². The topological polar surface area (TPSA) is 75.4 Å². The van der Waals surface area contributed by atoms with Crippen molar-refractivity contribution in [3.63, 3.8) is 0 Å². The molecular weight excluding hydrogens is 237 g/mol. The normalized spacial score (nSPS) is 18.7. The molecule has 5 nitrogen and oxygen atoms in total. The van der Waals surface area contributed by atoms with Gasteiger partial charge in [-0.1, -0.05) is 0 Å². The fourth-order valence-corrected chi connectivity index (χ4v) is 1.95. The van der Waals surface area contributed by atoms with Crippen LogP contribution in [-0.4, -0.2) is 23.9 Å². The fourth-order valence-electron chi connectivity index (χ4n) is 1.95. The predicted molar refractivity (Wildman–Crippen MR) is 65.4 cm³/mol. The predicted octanol–water partition coefficient (Wildman–Crippen LogP) is 0.649. The number of halogens is 1. The minimum atomic E-state index is -0.936. The second-order valence-electron chi connectivity index (χ2n) is 4.77. The van der Waals surface area contributed by atoms with Crippen LogP contribution >= 0.6 is 0 Å². The maximum atomic E-state index is 13.3. The quantitative estimate of drug-likeness (QED) is 0.567. The Bertz CT molecular complexity index is 508. The molecule has 1 aliphatic heterocycles. The summed E-state index contributed by atoms with van der Waals surface area (Å²) in [6.45, 7) is 3.31. The Morgan fingerprint density at radius 2 is 2.00 bits per heavy atom. The lowest BCUT2D eigenvalue weighted by atomic mass is 9.97. The first-order valence-electron chi connectivity index (χ1n) is 5.48. The van der Waals surface area contributed by atoms with Crippen LogP contribution in [0.1, 0.15) is 13.8 Å². The molecule has 0 atom stereocenters. The number of carbonyl (C=O) groups excluding carboxylic acids is 2. The summed E-state index contributed by atoms with van der Waals surface area (Å²) in [5.41, 5.74) is 5.30. The molecule has 0 saturated carbocycles. The zero-order valence-corrected chi connectivity index (χ0v) is 10.2. The summed E-state index contributed by atoms with van der Waals surface area (Å²) in [5, 5.41) is 2.25. The summed E-state index contributed by atoms with van der Waals surface area (Å²) >= 11 is 0. The maximum Gasteiger partial charge on any atom is 0.251 e. The average molecular weight is 251 g/mol. The molecule has 2 rings (SSSR count). The molecule has 0 radical (unpaired) electrons. The Balaban J connectivity index is 2.46. The van der Waals surface area contributed by atoms with Gasteiger partial charge in [-0.05, 0) is 32.0 Å². The molecule has 6 heteroatoms. The van der Waals surface area contributed by atoms with Crippen LogP contribution in [0.5, 0.6) is 0 Å². The van der Waals surface area contributed by atoms with Crippen LogP contribution in [0.2, 0.25) is 0 Å². The Morgan fingerprint density at radius 3 is 2.61 bits per heavy atom. The van der Waals surface area contributed by atoms with Crippen LogP contribution < -0.4 is 16.0 Å². The van der Waals surface area contributed by atoms with E-state index in [4.69, 9.17) is 5.73 Å². The number of piperazine rings is 1. The van der Waals surface area contributed by atoms with Crippen molar-refractivity contribution in [2.75, 3.05) is 17.2 Å². The fraction of sp³-hybridized carbons (Fsp3) is 0.333. The zero-order valence-electron chi connectivity index (χ0n) is 10.2. The van der Waals surface area contributed by atoms with Crippen molar-refractivity contribution >= 4 is 23.2 Å². The van der Waals surface area contributed by atoms with E-state index in [1.165, 1.54) is 23.1 Å². The van der Waals surface area contributed by atoms with E-state index in [-0.39, 0.29) is 12.2 Å². The first-order chi connectivity index (χ1) is 8.30. The zero-order chi connectivity index (χ0) is 13.5. The Hall–Kier alpha value is -2.11. The van der Waals surface area contributed by atoms with Crippen LogP contribution in [-0.2, 0) is 9.59 Å².